The fourth-order valence-corrected chi connectivity index (χ4v) is 3.58. The molecule has 1 aromatic carbocycles. The van der Waals surface area contributed by atoms with Crippen LogP contribution in [0.15, 0.2) is 60.2 Å². The Morgan fingerprint density at radius 1 is 1.29 bits per heavy atom. The smallest absolute Gasteiger partial charge is 0.257 e. The lowest BCUT2D eigenvalue weighted by Crippen LogP contribution is -2.44. The molecule has 1 fully saturated rings. The van der Waals surface area contributed by atoms with Crippen LogP contribution in [0.4, 0.5) is 5.82 Å². The van der Waals surface area contributed by atoms with Crippen molar-refractivity contribution in [2.75, 3.05) is 18.4 Å². The van der Waals surface area contributed by atoms with E-state index in [0.717, 1.165) is 30.3 Å². The van der Waals surface area contributed by atoms with Crippen LogP contribution in [-0.4, -0.2) is 44.9 Å². The van der Waals surface area contributed by atoms with Gasteiger partial charge in [-0.15, -0.1) is 0 Å². The number of rotatable bonds is 4. The maximum Gasteiger partial charge on any atom is 0.257 e. The van der Waals surface area contributed by atoms with E-state index in [-0.39, 0.29) is 17.5 Å². The van der Waals surface area contributed by atoms with Crippen LogP contribution in [0.25, 0.3) is 22.2 Å². The number of hydrogen-bond acceptors (Lipinski definition) is 5. The standard InChI is InChI=1S/C21H21N5O2/c1-2-18(27)26-10-6-9-15(12-26)24-19-17-11-16(14-7-4-3-5-8-14)21(28)25-20(17)23-13-22-19/h2-5,7-8,11,13,15H,1,6,9-10,12H2,(H2,22,23,24,25,28)/t15-/m1/s1. The lowest BCUT2D eigenvalue weighted by atomic mass is 10.0. The Morgan fingerprint density at radius 3 is 2.89 bits per heavy atom. The number of nitrogens with zero attached hydrogens (tertiary/aromatic N) is 3. The van der Waals surface area contributed by atoms with E-state index in [2.05, 4.69) is 26.8 Å². The molecule has 7 nitrogen and oxygen atoms in total. The van der Waals surface area contributed by atoms with Crippen LogP contribution < -0.4 is 10.9 Å². The van der Waals surface area contributed by atoms with Crippen LogP contribution in [0.3, 0.4) is 0 Å². The van der Waals surface area contributed by atoms with Gasteiger partial charge in [0.15, 0.2) is 0 Å². The molecule has 1 saturated heterocycles. The summed E-state index contributed by atoms with van der Waals surface area (Å²) in [5, 5.41) is 4.17. The largest absolute Gasteiger partial charge is 0.365 e. The van der Waals surface area contributed by atoms with E-state index in [4.69, 9.17) is 0 Å². The summed E-state index contributed by atoms with van der Waals surface area (Å²) in [7, 11) is 0. The number of likely N-dealkylation sites (tertiary alicyclic amines) is 1. The highest BCUT2D eigenvalue weighted by Gasteiger charge is 2.23. The molecule has 1 atom stereocenters. The van der Waals surface area contributed by atoms with Gasteiger partial charge in [-0.3, -0.25) is 9.59 Å². The molecule has 3 heterocycles. The van der Waals surface area contributed by atoms with Gasteiger partial charge < -0.3 is 15.2 Å². The van der Waals surface area contributed by atoms with Gasteiger partial charge >= 0.3 is 0 Å². The third-order valence-corrected chi connectivity index (χ3v) is 4.98. The van der Waals surface area contributed by atoms with Gasteiger partial charge in [-0.25, -0.2) is 9.97 Å². The highest BCUT2D eigenvalue weighted by atomic mass is 16.2. The first-order valence-corrected chi connectivity index (χ1v) is 9.27. The number of carbonyl (C=O) groups is 1. The van der Waals surface area contributed by atoms with E-state index in [1.165, 1.54) is 12.4 Å². The highest BCUT2D eigenvalue weighted by molar-refractivity contribution is 5.90. The molecule has 28 heavy (non-hydrogen) atoms. The van der Waals surface area contributed by atoms with Crippen LogP contribution in [-0.2, 0) is 4.79 Å². The maximum absolute atomic E-state index is 12.5. The Balaban J connectivity index is 1.68. The Labute approximate surface area is 162 Å². The van der Waals surface area contributed by atoms with Crippen LogP contribution >= 0.6 is 0 Å². The number of H-pyrrole nitrogens is 1. The van der Waals surface area contributed by atoms with Crippen molar-refractivity contribution in [3.05, 3.63) is 65.7 Å². The van der Waals surface area contributed by atoms with E-state index >= 15 is 0 Å². The average molecular weight is 375 g/mol. The van der Waals surface area contributed by atoms with Crippen molar-refractivity contribution < 1.29 is 4.79 Å². The number of carbonyl (C=O) groups excluding carboxylic acids is 1. The molecule has 4 rings (SSSR count). The third-order valence-electron chi connectivity index (χ3n) is 4.98. The van der Waals surface area contributed by atoms with E-state index in [9.17, 15) is 9.59 Å². The van der Waals surface area contributed by atoms with Gasteiger partial charge in [-0.1, -0.05) is 36.9 Å². The van der Waals surface area contributed by atoms with Gasteiger partial charge in [-0.2, -0.15) is 0 Å². The summed E-state index contributed by atoms with van der Waals surface area (Å²) >= 11 is 0. The molecule has 0 saturated carbocycles. The molecular weight excluding hydrogens is 354 g/mol. The number of amides is 1. The number of nitrogens with one attached hydrogen (secondary N) is 2. The summed E-state index contributed by atoms with van der Waals surface area (Å²) in [6.07, 6.45) is 4.62. The van der Waals surface area contributed by atoms with E-state index < -0.39 is 0 Å². The number of benzene rings is 1. The second kappa shape index (κ2) is 7.64. The van der Waals surface area contributed by atoms with Crippen LogP contribution in [0.2, 0.25) is 0 Å². The Kier molecular flexibility index (Phi) is 4.89. The summed E-state index contributed by atoms with van der Waals surface area (Å²) in [5.41, 5.74) is 1.69. The number of piperidine rings is 1. The number of anilines is 1. The number of aromatic amines is 1. The maximum atomic E-state index is 12.5. The minimum absolute atomic E-state index is 0.0604. The fourth-order valence-electron chi connectivity index (χ4n) is 3.58. The van der Waals surface area contributed by atoms with Crippen LogP contribution in [0.1, 0.15) is 12.8 Å². The molecule has 7 heteroatoms. The third kappa shape index (κ3) is 3.51. The molecule has 0 bridgehead atoms. The predicted octanol–water partition coefficient (Wildman–Crippen LogP) is 2.57. The Morgan fingerprint density at radius 2 is 2.11 bits per heavy atom. The predicted molar refractivity (Wildman–Crippen MR) is 109 cm³/mol. The van der Waals surface area contributed by atoms with E-state index in [1.54, 1.807) is 4.90 Å². The second-order valence-electron chi connectivity index (χ2n) is 6.83. The molecular formula is C21H21N5O2. The van der Waals surface area contributed by atoms with Gasteiger partial charge in [0.1, 0.15) is 17.8 Å². The molecule has 0 aliphatic carbocycles. The van der Waals surface area contributed by atoms with Gasteiger partial charge in [-0.05, 0) is 30.5 Å². The lowest BCUT2D eigenvalue weighted by molar-refractivity contribution is -0.127. The lowest BCUT2D eigenvalue weighted by Gasteiger charge is -2.33. The van der Waals surface area contributed by atoms with Crippen molar-refractivity contribution >= 4 is 22.8 Å². The summed E-state index contributed by atoms with van der Waals surface area (Å²) in [4.78, 5) is 37.6. The molecule has 1 aliphatic rings. The zero-order chi connectivity index (χ0) is 19.5. The summed E-state index contributed by atoms with van der Waals surface area (Å²) in [5.74, 6) is 0.589. The van der Waals surface area contributed by atoms with E-state index in [1.807, 2.05) is 36.4 Å². The van der Waals surface area contributed by atoms with E-state index in [0.29, 0.717) is 23.6 Å². The molecule has 142 valence electrons. The minimum Gasteiger partial charge on any atom is -0.365 e. The zero-order valence-corrected chi connectivity index (χ0v) is 15.4. The number of fused-ring (bicyclic) bond motifs is 1. The Bertz CT molecular complexity index is 1080. The quantitative estimate of drug-likeness (QED) is 0.684. The van der Waals surface area contributed by atoms with Crippen molar-refractivity contribution in [1.82, 2.24) is 19.9 Å². The molecule has 2 aromatic heterocycles. The zero-order valence-electron chi connectivity index (χ0n) is 15.4. The Hall–Kier alpha value is -3.48. The number of aromatic nitrogens is 3. The van der Waals surface area contributed by atoms with Gasteiger partial charge in [0.2, 0.25) is 5.91 Å². The first-order chi connectivity index (χ1) is 13.7. The fraction of sp³-hybridized carbons (Fsp3) is 0.238. The van der Waals surface area contributed by atoms with Crippen molar-refractivity contribution in [2.45, 2.75) is 18.9 Å². The topological polar surface area (TPSA) is 91.0 Å². The number of pyridine rings is 1. The SMILES string of the molecule is C=CC(=O)N1CCC[C@@H](Nc2ncnc3[nH]c(=O)c(-c4ccccc4)cc23)C1. The van der Waals surface area contributed by atoms with Crippen molar-refractivity contribution in [1.29, 1.82) is 0 Å². The first kappa shape index (κ1) is 17.9. The van der Waals surface area contributed by atoms with Crippen LogP contribution in [0.5, 0.6) is 0 Å². The molecule has 0 spiro atoms. The normalized spacial score (nSPS) is 16.7. The highest BCUT2D eigenvalue weighted by Crippen LogP contribution is 2.24. The second-order valence-corrected chi connectivity index (χ2v) is 6.83. The molecule has 1 aliphatic heterocycles. The van der Waals surface area contributed by atoms with Gasteiger partial charge in [0.25, 0.3) is 5.56 Å². The number of hydrogen-bond donors (Lipinski definition) is 2. The van der Waals surface area contributed by atoms with Gasteiger partial charge in [0.05, 0.1) is 5.39 Å². The molecule has 2 N–H and O–H groups in total. The molecule has 0 unspecified atom stereocenters. The molecule has 0 radical (unpaired) electrons. The van der Waals surface area contributed by atoms with Gasteiger partial charge in [0, 0.05) is 24.7 Å². The minimum atomic E-state index is -0.191. The average Bonchev–Trinajstić information content (AvgIpc) is 2.73. The van der Waals surface area contributed by atoms with Crippen molar-refractivity contribution in [2.24, 2.45) is 0 Å². The molecule has 3 aromatic rings. The monoisotopic (exact) mass is 375 g/mol. The summed E-state index contributed by atoms with van der Waals surface area (Å²) in [6, 6.07) is 11.4. The van der Waals surface area contributed by atoms with Crippen LogP contribution in [0, 0.1) is 0 Å². The van der Waals surface area contributed by atoms with Crippen molar-refractivity contribution in [3.63, 3.8) is 0 Å². The molecule has 1 amide bonds. The summed E-state index contributed by atoms with van der Waals surface area (Å²) in [6.45, 7) is 4.89. The summed E-state index contributed by atoms with van der Waals surface area (Å²) < 4.78 is 0. The first-order valence-electron chi connectivity index (χ1n) is 9.27. The van der Waals surface area contributed by atoms with Crippen molar-refractivity contribution in [3.8, 4) is 11.1 Å².